The highest BCUT2D eigenvalue weighted by molar-refractivity contribution is 7.99. The van der Waals surface area contributed by atoms with Gasteiger partial charge in [-0.1, -0.05) is 59.4 Å². The number of hydrogen-bond acceptors (Lipinski definition) is 5. The van der Waals surface area contributed by atoms with Crippen LogP contribution in [0.2, 0.25) is 0 Å². The first kappa shape index (κ1) is 20.8. The van der Waals surface area contributed by atoms with Gasteiger partial charge in [0.05, 0.1) is 11.3 Å². The molecule has 0 unspecified atom stereocenters. The summed E-state index contributed by atoms with van der Waals surface area (Å²) in [6, 6.07) is 25.5. The number of para-hydroxylation sites is 1. The molecule has 0 atom stereocenters. The summed E-state index contributed by atoms with van der Waals surface area (Å²) in [6.07, 6.45) is 0. The summed E-state index contributed by atoms with van der Waals surface area (Å²) in [5.41, 5.74) is 2.68. The largest absolute Gasteiger partial charge is 0.489 e. The number of nitrogens with one attached hydrogen (secondary N) is 1. The summed E-state index contributed by atoms with van der Waals surface area (Å²) in [7, 11) is 0. The molecule has 0 saturated carbocycles. The van der Waals surface area contributed by atoms with Crippen molar-refractivity contribution in [3.63, 3.8) is 0 Å². The Morgan fingerprint density at radius 3 is 2.58 bits per heavy atom. The van der Waals surface area contributed by atoms with Gasteiger partial charge in [0.1, 0.15) is 18.1 Å². The topological polar surface area (TPSA) is 64.4 Å². The van der Waals surface area contributed by atoms with Crippen molar-refractivity contribution in [2.45, 2.75) is 30.2 Å². The number of benzene rings is 3. The highest BCUT2D eigenvalue weighted by Crippen LogP contribution is 2.33. The molecular formula is C25H22N2O3S. The number of ether oxygens (including phenoxy) is 1. The summed E-state index contributed by atoms with van der Waals surface area (Å²) in [6.45, 7) is 3.97. The lowest BCUT2D eigenvalue weighted by molar-refractivity contribution is 0.101. The zero-order valence-electron chi connectivity index (χ0n) is 17.3. The number of rotatable bonds is 7. The minimum Gasteiger partial charge on any atom is -0.489 e. The van der Waals surface area contributed by atoms with Crippen molar-refractivity contribution in [2.24, 2.45) is 0 Å². The van der Waals surface area contributed by atoms with Crippen LogP contribution in [0.4, 0.5) is 5.69 Å². The van der Waals surface area contributed by atoms with E-state index in [4.69, 9.17) is 9.26 Å². The van der Waals surface area contributed by atoms with Crippen LogP contribution in [0.15, 0.2) is 93.2 Å². The van der Waals surface area contributed by atoms with Crippen molar-refractivity contribution in [1.29, 1.82) is 0 Å². The van der Waals surface area contributed by atoms with E-state index in [-0.39, 0.29) is 18.2 Å². The average molecular weight is 431 g/mol. The number of carbonyl (C=O) groups is 1. The van der Waals surface area contributed by atoms with Crippen LogP contribution in [0.1, 0.15) is 27.4 Å². The molecule has 5 nitrogen and oxygen atoms in total. The Labute approximate surface area is 185 Å². The number of nitrogens with zero attached hydrogens (tertiary/aromatic N) is 1. The van der Waals surface area contributed by atoms with Gasteiger partial charge in [-0.2, -0.15) is 0 Å². The molecule has 3 aromatic carbocycles. The van der Waals surface area contributed by atoms with Crippen LogP contribution in [0.5, 0.6) is 5.75 Å². The average Bonchev–Trinajstić information content (AvgIpc) is 3.15. The lowest BCUT2D eigenvalue weighted by atomic mass is 10.2. The molecule has 1 aromatic heterocycles. The van der Waals surface area contributed by atoms with E-state index in [0.717, 1.165) is 21.1 Å². The molecule has 0 radical (unpaired) electrons. The smallest absolute Gasteiger partial charge is 0.278 e. The van der Waals surface area contributed by atoms with Gasteiger partial charge in [0.2, 0.25) is 0 Å². The number of hydrogen-bond donors (Lipinski definition) is 1. The Morgan fingerprint density at radius 1 is 1.00 bits per heavy atom. The lowest BCUT2D eigenvalue weighted by Gasteiger charge is -2.11. The van der Waals surface area contributed by atoms with E-state index in [0.29, 0.717) is 17.0 Å². The Morgan fingerprint density at radius 2 is 1.77 bits per heavy atom. The molecule has 4 aromatic rings. The molecule has 0 aliphatic rings. The van der Waals surface area contributed by atoms with Gasteiger partial charge < -0.3 is 14.6 Å². The third-order valence-corrected chi connectivity index (χ3v) is 5.76. The van der Waals surface area contributed by atoms with Crippen LogP contribution in [0.3, 0.4) is 0 Å². The summed E-state index contributed by atoms with van der Waals surface area (Å²) >= 11 is 1.59. The zero-order valence-corrected chi connectivity index (χ0v) is 18.1. The monoisotopic (exact) mass is 430 g/mol. The van der Waals surface area contributed by atoms with E-state index in [2.05, 4.69) is 10.5 Å². The maximum absolute atomic E-state index is 13.0. The molecule has 156 valence electrons. The lowest BCUT2D eigenvalue weighted by Crippen LogP contribution is -2.16. The molecule has 1 amide bonds. The summed E-state index contributed by atoms with van der Waals surface area (Å²) in [4.78, 5) is 15.1. The van der Waals surface area contributed by atoms with Gasteiger partial charge in [-0.25, -0.2) is 0 Å². The fraction of sp³-hybridized carbons (Fsp3) is 0.120. The predicted octanol–water partition coefficient (Wildman–Crippen LogP) is 6.27. The maximum atomic E-state index is 13.0. The molecule has 0 fully saturated rings. The third-order valence-electron chi connectivity index (χ3n) is 4.68. The van der Waals surface area contributed by atoms with Crippen LogP contribution >= 0.6 is 11.8 Å². The number of carbonyl (C=O) groups excluding carboxylic acids is 1. The van der Waals surface area contributed by atoms with Crippen molar-refractivity contribution < 1.29 is 14.1 Å². The van der Waals surface area contributed by atoms with Crippen LogP contribution in [-0.2, 0) is 6.61 Å². The van der Waals surface area contributed by atoms with E-state index in [1.807, 2.05) is 85.8 Å². The molecule has 31 heavy (non-hydrogen) atoms. The first-order valence-corrected chi connectivity index (χ1v) is 10.7. The summed E-state index contributed by atoms with van der Waals surface area (Å²) in [5.74, 6) is 0.960. The normalized spacial score (nSPS) is 10.6. The first-order chi connectivity index (χ1) is 15.1. The summed E-state index contributed by atoms with van der Waals surface area (Å²) < 4.78 is 11.2. The Hall–Kier alpha value is -3.51. The Bertz CT molecular complexity index is 1190. The van der Waals surface area contributed by atoms with Gasteiger partial charge in [-0.15, -0.1) is 0 Å². The van der Waals surface area contributed by atoms with Gasteiger partial charge in [0.25, 0.3) is 5.91 Å². The fourth-order valence-corrected chi connectivity index (χ4v) is 3.98. The van der Waals surface area contributed by atoms with Crippen LogP contribution in [0.25, 0.3) is 0 Å². The molecular weight excluding hydrogens is 408 g/mol. The molecule has 0 aliphatic carbocycles. The van der Waals surface area contributed by atoms with Crippen molar-refractivity contribution in [2.75, 3.05) is 5.32 Å². The number of amides is 1. The van der Waals surface area contributed by atoms with Gasteiger partial charge in [-0.05, 0) is 55.8 Å². The van der Waals surface area contributed by atoms with E-state index < -0.39 is 0 Å². The standard InChI is InChI=1S/C25H22N2O3S/c1-17-9-8-10-19(15-17)29-16-21-18(2)30-27-24(21)25(28)26-22-13-6-7-14-23(22)31-20-11-4-3-5-12-20/h3-15H,16H2,1-2H3,(H,26,28). The minimum atomic E-state index is -0.333. The molecule has 0 aliphatic heterocycles. The Balaban J connectivity index is 1.51. The number of aryl methyl sites for hydroxylation is 2. The highest BCUT2D eigenvalue weighted by atomic mass is 32.2. The number of anilines is 1. The van der Waals surface area contributed by atoms with Crippen LogP contribution < -0.4 is 10.1 Å². The fourth-order valence-electron chi connectivity index (χ4n) is 3.06. The molecule has 0 spiro atoms. The third kappa shape index (κ3) is 5.16. The molecule has 1 heterocycles. The Kier molecular flexibility index (Phi) is 6.38. The van der Waals surface area contributed by atoms with Gasteiger partial charge in [0.15, 0.2) is 5.69 Å². The van der Waals surface area contributed by atoms with Crippen LogP contribution in [0, 0.1) is 13.8 Å². The van der Waals surface area contributed by atoms with Crippen molar-refractivity contribution in [3.8, 4) is 5.75 Å². The van der Waals surface area contributed by atoms with E-state index >= 15 is 0 Å². The molecule has 6 heteroatoms. The molecule has 4 rings (SSSR count). The maximum Gasteiger partial charge on any atom is 0.278 e. The second-order valence-corrected chi connectivity index (χ2v) is 8.15. The van der Waals surface area contributed by atoms with Gasteiger partial charge in [0, 0.05) is 9.79 Å². The second kappa shape index (κ2) is 9.53. The minimum absolute atomic E-state index is 0.196. The zero-order chi connectivity index (χ0) is 21.6. The molecule has 0 bridgehead atoms. The van der Waals surface area contributed by atoms with E-state index in [1.54, 1.807) is 18.7 Å². The van der Waals surface area contributed by atoms with Crippen molar-refractivity contribution in [1.82, 2.24) is 5.16 Å². The van der Waals surface area contributed by atoms with Crippen LogP contribution in [-0.4, -0.2) is 11.1 Å². The van der Waals surface area contributed by atoms with E-state index in [1.165, 1.54) is 0 Å². The molecule has 1 N–H and O–H groups in total. The molecule has 0 saturated heterocycles. The number of aromatic nitrogens is 1. The highest BCUT2D eigenvalue weighted by Gasteiger charge is 2.21. The van der Waals surface area contributed by atoms with E-state index in [9.17, 15) is 4.79 Å². The predicted molar refractivity (Wildman–Crippen MR) is 122 cm³/mol. The SMILES string of the molecule is Cc1cccc(OCc2c(C(=O)Nc3ccccc3Sc3ccccc3)noc2C)c1. The van der Waals surface area contributed by atoms with Crippen molar-refractivity contribution in [3.05, 3.63) is 101 Å². The summed E-state index contributed by atoms with van der Waals surface area (Å²) in [5, 5.41) is 6.95. The second-order valence-electron chi connectivity index (χ2n) is 7.04. The van der Waals surface area contributed by atoms with Gasteiger partial charge in [-0.3, -0.25) is 4.79 Å². The van der Waals surface area contributed by atoms with Crippen molar-refractivity contribution >= 4 is 23.4 Å². The first-order valence-electron chi connectivity index (χ1n) is 9.88. The van der Waals surface area contributed by atoms with Gasteiger partial charge >= 0.3 is 0 Å². The quantitative estimate of drug-likeness (QED) is 0.374.